The average Bonchev–Trinajstić information content (AvgIpc) is 2.60. The van der Waals surface area contributed by atoms with Crippen molar-refractivity contribution in [1.29, 1.82) is 0 Å². The highest BCUT2D eigenvalue weighted by molar-refractivity contribution is 7.98. The van der Waals surface area contributed by atoms with E-state index in [0.717, 1.165) is 21.5 Å². The lowest BCUT2D eigenvalue weighted by Gasteiger charge is -2.11. The van der Waals surface area contributed by atoms with E-state index in [2.05, 4.69) is 9.71 Å². The van der Waals surface area contributed by atoms with Crippen molar-refractivity contribution in [3.05, 3.63) is 65.7 Å². The Labute approximate surface area is 152 Å². The van der Waals surface area contributed by atoms with E-state index in [4.69, 9.17) is 4.55 Å². The second-order valence-electron chi connectivity index (χ2n) is 5.41. The molecule has 2 aromatic carbocycles. The Bertz CT molecular complexity index is 960. The zero-order valence-electron chi connectivity index (χ0n) is 13.4. The predicted octanol–water partition coefficient (Wildman–Crippen LogP) is 4.28. The number of carbonyl (C=O) groups excluding carboxylic acids is 1. The van der Waals surface area contributed by atoms with E-state index in [9.17, 15) is 9.00 Å². The van der Waals surface area contributed by atoms with Crippen LogP contribution in [0, 0.1) is 0 Å². The number of hydrogen-bond donors (Lipinski definition) is 2. The van der Waals surface area contributed by atoms with Gasteiger partial charge in [-0.25, -0.2) is 9.19 Å². The fourth-order valence-corrected chi connectivity index (χ4v) is 3.66. The Morgan fingerprint density at radius 3 is 2.76 bits per heavy atom. The first-order chi connectivity index (χ1) is 12.0. The molecule has 0 aliphatic rings. The summed E-state index contributed by atoms with van der Waals surface area (Å²) in [5.41, 5.74) is 2.78. The van der Waals surface area contributed by atoms with Crippen LogP contribution in [-0.4, -0.2) is 19.5 Å². The molecule has 3 rings (SSSR count). The molecule has 0 radical (unpaired) electrons. The smallest absolute Gasteiger partial charge is 0.259 e. The zero-order chi connectivity index (χ0) is 17.8. The molecule has 1 aromatic heterocycles. The summed E-state index contributed by atoms with van der Waals surface area (Å²) in [5, 5.41) is 1.92. The summed E-state index contributed by atoms with van der Waals surface area (Å²) in [7, 11) is 0. The fraction of sp³-hybridized carbons (Fsp3) is 0.111. The minimum Gasteiger partial charge on any atom is -0.295 e. The topological polar surface area (TPSA) is 79.3 Å². The first-order valence-electron chi connectivity index (χ1n) is 7.53. The SMILES string of the molecule is CC(=O)c1ccc(NS(=O)O)c(CSc2ccc3ccccc3n2)c1. The van der Waals surface area contributed by atoms with Gasteiger partial charge in [0.15, 0.2) is 5.78 Å². The molecule has 1 heterocycles. The van der Waals surface area contributed by atoms with Crippen molar-refractivity contribution in [1.82, 2.24) is 4.98 Å². The lowest BCUT2D eigenvalue weighted by atomic mass is 10.1. The highest BCUT2D eigenvalue weighted by Crippen LogP contribution is 2.28. The number of fused-ring (bicyclic) bond motifs is 1. The van der Waals surface area contributed by atoms with E-state index >= 15 is 0 Å². The zero-order valence-corrected chi connectivity index (χ0v) is 15.1. The van der Waals surface area contributed by atoms with E-state index in [1.807, 2.05) is 36.4 Å². The van der Waals surface area contributed by atoms with Crippen molar-refractivity contribution < 1.29 is 13.6 Å². The summed E-state index contributed by atoms with van der Waals surface area (Å²) in [6.07, 6.45) is 0. The number of thioether (sulfide) groups is 1. The third-order valence-electron chi connectivity index (χ3n) is 3.66. The second-order valence-corrected chi connectivity index (χ2v) is 7.11. The van der Waals surface area contributed by atoms with Gasteiger partial charge in [0.1, 0.15) is 0 Å². The molecule has 7 heteroatoms. The molecule has 1 atom stereocenters. The van der Waals surface area contributed by atoms with Crippen molar-refractivity contribution in [2.75, 3.05) is 4.72 Å². The number of Topliss-reactive ketones (excluding diaryl/α,β-unsaturated/α-hetero) is 1. The standard InChI is InChI=1S/C18H16N2O3S2/c1-12(21)14-6-8-17(20-25(22)23)15(10-14)11-24-18-9-7-13-4-2-3-5-16(13)19-18/h2-10,20H,11H2,1H3,(H,22,23). The van der Waals surface area contributed by atoms with Crippen LogP contribution in [0.4, 0.5) is 5.69 Å². The second kappa shape index (κ2) is 7.77. The first kappa shape index (κ1) is 17.6. The van der Waals surface area contributed by atoms with Crippen molar-refractivity contribution in [2.24, 2.45) is 0 Å². The Balaban J connectivity index is 1.85. The van der Waals surface area contributed by atoms with Crippen LogP contribution >= 0.6 is 11.8 Å². The molecule has 0 fully saturated rings. The van der Waals surface area contributed by atoms with Gasteiger partial charge in [0.2, 0.25) is 0 Å². The molecular formula is C18H16N2O3S2. The molecule has 0 aliphatic heterocycles. The van der Waals surface area contributed by atoms with Gasteiger partial charge in [-0.1, -0.05) is 24.3 Å². The van der Waals surface area contributed by atoms with Gasteiger partial charge in [-0.2, -0.15) is 0 Å². The summed E-state index contributed by atoms with van der Waals surface area (Å²) in [6, 6.07) is 16.9. The number of anilines is 1. The summed E-state index contributed by atoms with van der Waals surface area (Å²) in [6.45, 7) is 1.49. The van der Waals surface area contributed by atoms with Crippen LogP contribution in [-0.2, 0) is 17.0 Å². The molecule has 5 nitrogen and oxygen atoms in total. The molecule has 0 bridgehead atoms. The van der Waals surface area contributed by atoms with Crippen LogP contribution in [0.15, 0.2) is 59.6 Å². The van der Waals surface area contributed by atoms with E-state index in [-0.39, 0.29) is 5.78 Å². The average molecular weight is 372 g/mol. The number of pyridine rings is 1. The van der Waals surface area contributed by atoms with Crippen LogP contribution < -0.4 is 4.72 Å². The van der Waals surface area contributed by atoms with Crippen LogP contribution in [0.3, 0.4) is 0 Å². The number of ketones is 1. The minimum absolute atomic E-state index is 0.0493. The summed E-state index contributed by atoms with van der Waals surface area (Å²) in [4.78, 5) is 16.2. The number of aromatic nitrogens is 1. The highest BCUT2D eigenvalue weighted by Gasteiger charge is 2.10. The molecule has 0 amide bonds. The van der Waals surface area contributed by atoms with Crippen molar-refractivity contribution in [3.63, 3.8) is 0 Å². The van der Waals surface area contributed by atoms with Crippen LogP contribution in [0.25, 0.3) is 10.9 Å². The van der Waals surface area contributed by atoms with Gasteiger partial charge < -0.3 is 0 Å². The molecule has 0 saturated heterocycles. The van der Waals surface area contributed by atoms with Gasteiger partial charge in [-0.3, -0.25) is 14.1 Å². The Hall–Kier alpha value is -2.22. The predicted molar refractivity (Wildman–Crippen MR) is 102 cm³/mol. The van der Waals surface area contributed by atoms with Crippen molar-refractivity contribution >= 4 is 45.4 Å². The lowest BCUT2D eigenvalue weighted by Crippen LogP contribution is -2.05. The lowest BCUT2D eigenvalue weighted by molar-refractivity contribution is 0.101. The van der Waals surface area contributed by atoms with Gasteiger partial charge in [0.25, 0.3) is 11.3 Å². The number of nitrogens with one attached hydrogen (secondary N) is 1. The molecule has 128 valence electrons. The van der Waals surface area contributed by atoms with Crippen LogP contribution in [0.1, 0.15) is 22.8 Å². The quantitative estimate of drug-likeness (QED) is 0.384. The number of para-hydroxylation sites is 1. The number of benzene rings is 2. The van der Waals surface area contributed by atoms with E-state index in [0.29, 0.717) is 17.0 Å². The molecule has 0 aliphatic carbocycles. The monoisotopic (exact) mass is 372 g/mol. The fourth-order valence-electron chi connectivity index (χ4n) is 2.41. The number of nitrogens with zero attached hydrogens (tertiary/aromatic N) is 1. The summed E-state index contributed by atoms with van der Waals surface area (Å²) in [5.74, 6) is 0.471. The maximum Gasteiger partial charge on any atom is 0.259 e. The maximum absolute atomic E-state index is 11.6. The summed E-state index contributed by atoms with van der Waals surface area (Å²) < 4.78 is 22.6. The van der Waals surface area contributed by atoms with Gasteiger partial charge in [-0.05, 0) is 42.8 Å². The maximum atomic E-state index is 11.6. The normalized spacial score (nSPS) is 12.1. The van der Waals surface area contributed by atoms with Gasteiger partial charge in [0.05, 0.1) is 16.2 Å². The Morgan fingerprint density at radius 1 is 1.20 bits per heavy atom. The third-order valence-corrected chi connectivity index (χ3v) is 5.03. The number of hydrogen-bond acceptors (Lipinski definition) is 4. The van der Waals surface area contributed by atoms with Crippen molar-refractivity contribution in [2.45, 2.75) is 17.7 Å². The highest BCUT2D eigenvalue weighted by atomic mass is 32.2. The molecule has 0 spiro atoms. The molecular weight excluding hydrogens is 356 g/mol. The van der Waals surface area contributed by atoms with Crippen molar-refractivity contribution in [3.8, 4) is 0 Å². The van der Waals surface area contributed by atoms with Gasteiger partial charge >= 0.3 is 0 Å². The van der Waals surface area contributed by atoms with Gasteiger partial charge in [-0.15, -0.1) is 11.8 Å². The van der Waals surface area contributed by atoms with E-state index in [1.54, 1.807) is 18.2 Å². The minimum atomic E-state index is -2.17. The van der Waals surface area contributed by atoms with Crippen LogP contribution in [0.2, 0.25) is 0 Å². The number of rotatable bonds is 6. The third kappa shape index (κ3) is 4.45. The summed E-state index contributed by atoms with van der Waals surface area (Å²) >= 11 is -0.664. The first-order valence-corrected chi connectivity index (χ1v) is 9.62. The molecule has 3 aromatic rings. The van der Waals surface area contributed by atoms with E-state index in [1.165, 1.54) is 18.7 Å². The molecule has 25 heavy (non-hydrogen) atoms. The van der Waals surface area contributed by atoms with E-state index < -0.39 is 11.3 Å². The molecule has 2 N–H and O–H groups in total. The van der Waals surface area contributed by atoms with Gasteiger partial charge in [0, 0.05) is 16.7 Å². The molecule has 0 saturated carbocycles. The Kier molecular flexibility index (Phi) is 5.47. The molecule has 1 unspecified atom stereocenters. The van der Waals surface area contributed by atoms with Crippen LogP contribution in [0.5, 0.6) is 0 Å². The number of carbonyl (C=O) groups is 1. The largest absolute Gasteiger partial charge is 0.295 e. The Morgan fingerprint density at radius 2 is 2.00 bits per heavy atom.